The molecule has 0 atom stereocenters. The first-order chi connectivity index (χ1) is 14.8. The van der Waals surface area contributed by atoms with Crippen molar-refractivity contribution in [2.45, 2.75) is 32.4 Å². The fraction of sp³-hybridized carbons (Fsp3) is 0.217. The third kappa shape index (κ3) is 4.96. The molecule has 0 amide bonds. The number of pyridine rings is 1. The summed E-state index contributed by atoms with van der Waals surface area (Å²) in [5.74, 6) is -0.434. The Bertz CT molecular complexity index is 1230. The maximum Gasteiger partial charge on any atom is 0.389 e. The molecule has 0 unspecified atom stereocenters. The molecule has 4 aromatic rings. The summed E-state index contributed by atoms with van der Waals surface area (Å²) in [5, 5.41) is 0. The lowest BCUT2D eigenvalue weighted by atomic mass is 10.0. The van der Waals surface area contributed by atoms with Gasteiger partial charge in [-0.25, -0.2) is 4.98 Å². The third-order valence-electron chi connectivity index (χ3n) is 4.90. The van der Waals surface area contributed by atoms with Gasteiger partial charge in [0.1, 0.15) is 11.4 Å². The van der Waals surface area contributed by atoms with Gasteiger partial charge in [-0.1, -0.05) is 18.2 Å². The highest BCUT2D eigenvalue weighted by molar-refractivity contribution is 5.81. The van der Waals surface area contributed by atoms with Crippen LogP contribution >= 0.6 is 0 Å². The van der Waals surface area contributed by atoms with Gasteiger partial charge in [0.2, 0.25) is 0 Å². The molecule has 0 saturated heterocycles. The van der Waals surface area contributed by atoms with E-state index >= 15 is 0 Å². The van der Waals surface area contributed by atoms with Gasteiger partial charge in [-0.3, -0.25) is 19.2 Å². The van der Waals surface area contributed by atoms with E-state index in [9.17, 15) is 18.0 Å². The molecule has 0 aliphatic carbocycles. The zero-order valence-corrected chi connectivity index (χ0v) is 16.7. The Morgan fingerprint density at radius 2 is 1.84 bits per heavy atom. The molecular weight excluding hydrogens is 405 g/mol. The van der Waals surface area contributed by atoms with Gasteiger partial charge in [0.15, 0.2) is 0 Å². The summed E-state index contributed by atoms with van der Waals surface area (Å²) in [6.07, 6.45) is 1.08. The number of benzene rings is 1. The summed E-state index contributed by atoms with van der Waals surface area (Å²) in [4.78, 5) is 25.1. The smallest absolute Gasteiger partial charge is 0.300 e. The summed E-state index contributed by atoms with van der Waals surface area (Å²) in [5.41, 5.74) is 5.52. The van der Waals surface area contributed by atoms with Crippen LogP contribution in [0.15, 0.2) is 61.2 Å². The number of halogens is 3. The minimum Gasteiger partial charge on any atom is -0.300 e. The van der Waals surface area contributed by atoms with Crippen molar-refractivity contribution in [3.63, 3.8) is 0 Å². The molecule has 0 aliphatic heterocycles. The molecule has 0 N–H and O–H groups in total. The molecule has 0 spiro atoms. The lowest BCUT2D eigenvalue weighted by Gasteiger charge is -2.08. The third-order valence-corrected chi connectivity index (χ3v) is 4.90. The van der Waals surface area contributed by atoms with E-state index in [0.717, 1.165) is 33.9 Å². The van der Waals surface area contributed by atoms with E-state index in [4.69, 9.17) is 0 Å². The first-order valence-electron chi connectivity index (χ1n) is 9.72. The van der Waals surface area contributed by atoms with Gasteiger partial charge in [-0.2, -0.15) is 13.2 Å². The molecular formula is C23H19F3N4O. The molecule has 0 fully saturated rings. The molecule has 5 nitrogen and oxygen atoms in total. The van der Waals surface area contributed by atoms with E-state index < -0.39 is 24.8 Å². The number of carbonyl (C=O) groups is 1. The van der Waals surface area contributed by atoms with Gasteiger partial charge in [0.25, 0.3) is 0 Å². The summed E-state index contributed by atoms with van der Waals surface area (Å²) >= 11 is 0. The highest BCUT2D eigenvalue weighted by Crippen LogP contribution is 2.26. The van der Waals surface area contributed by atoms with Crippen LogP contribution in [0.3, 0.4) is 0 Å². The van der Waals surface area contributed by atoms with E-state index in [2.05, 4.69) is 15.0 Å². The lowest BCUT2D eigenvalue weighted by molar-refractivity contribution is -0.143. The van der Waals surface area contributed by atoms with E-state index in [1.165, 1.54) is 0 Å². The van der Waals surface area contributed by atoms with Gasteiger partial charge >= 0.3 is 6.18 Å². The fourth-order valence-corrected chi connectivity index (χ4v) is 3.33. The van der Waals surface area contributed by atoms with Crippen molar-refractivity contribution in [3.05, 3.63) is 72.4 Å². The average molecular weight is 424 g/mol. The van der Waals surface area contributed by atoms with Crippen LogP contribution in [0.1, 0.15) is 24.1 Å². The van der Waals surface area contributed by atoms with Crippen LogP contribution in [-0.2, 0) is 11.2 Å². The van der Waals surface area contributed by atoms with Gasteiger partial charge in [0.05, 0.1) is 35.9 Å². The van der Waals surface area contributed by atoms with Gasteiger partial charge in [0, 0.05) is 36.4 Å². The molecule has 3 heterocycles. The second-order valence-corrected chi connectivity index (χ2v) is 7.36. The Morgan fingerprint density at radius 3 is 2.58 bits per heavy atom. The first-order valence-corrected chi connectivity index (χ1v) is 9.72. The lowest BCUT2D eigenvalue weighted by Crippen LogP contribution is -2.12. The maximum atomic E-state index is 12.3. The number of aryl methyl sites for hydroxylation is 1. The van der Waals surface area contributed by atoms with Crippen molar-refractivity contribution in [2.75, 3.05) is 0 Å². The molecule has 3 aromatic heterocycles. The molecule has 4 rings (SSSR count). The summed E-state index contributed by atoms with van der Waals surface area (Å²) in [6.45, 7) is 1.87. The van der Waals surface area contributed by atoms with Crippen LogP contribution in [0.5, 0.6) is 0 Å². The molecule has 0 aliphatic rings. The number of hydrogen-bond acceptors (Lipinski definition) is 4. The molecule has 8 heteroatoms. The highest BCUT2D eigenvalue weighted by Gasteiger charge is 2.27. The number of ketones is 1. The first kappa shape index (κ1) is 20.7. The molecule has 0 bridgehead atoms. The zero-order valence-electron chi connectivity index (χ0n) is 16.7. The van der Waals surface area contributed by atoms with Crippen molar-refractivity contribution in [1.82, 2.24) is 19.4 Å². The minimum absolute atomic E-state index is 0.0309. The van der Waals surface area contributed by atoms with Gasteiger partial charge in [-0.05, 0) is 30.7 Å². The Morgan fingerprint density at radius 1 is 1.00 bits per heavy atom. The number of nitrogens with zero attached hydrogens (tertiary/aromatic N) is 4. The van der Waals surface area contributed by atoms with Gasteiger partial charge in [-0.15, -0.1) is 0 Å². The van der Waals surface area contributed by atoms with Crippen molar-refractivity contribution >= 4 is 11.4 Å². The Kier molecular flexibility index (Phi) is 5.54. The van der Waals surface area contributed by atoms with E-state index in [-0.39, 0.29) is 6.42 Å². The minimum atomic E-state index is -4.32. The molecule has 0 radical (unpaired) electrons. The predicted octanol–water partition coefficient (Wildman–Crippen LogP) is 5.22. The number of imidazole rings is 1. The monoisotopic (exact) mass is 424 g/mol. The van der Waals surface area contributed by atoms with Crippen molar-refractivity contribution in [1.29, 1.82) is 0 Å². The number of aromatic nitrogens is 4. The highest BCUT2D eigenvalue weighted by atomic mass is 19.4. The van der Waals surface area contributed by atoms with Crippen molar-refractivity contribution in [2.24, 2.45) is 0 Å². The van der Waals surface area contributed by atoms with Gasteiger partial charge < -0.3 is 0 Å². The Balaban J connectivity index is 1.57. The normalized spacial score (nSPS) is 11.7. The number of fused-ring (bicyclic) bond motifs is 1. The largest absolute Gasteiger partial charge is 0.389 e. The molecule has 0 saturated carbocycles. The van der Waals surface area contributed by atoms with Crippen LogP contribution in [0.25, 0.3) is 28.2 Å². The van der Waals surface area contributed by atoms with E-state index in [1.54, 1.807) is 30.7 Å². The van der Waals surface area contributed by atoms with Crippen molar-refractivity contribution < 1.29 is 18.0 Å². The standard InChI is InChI=1S/C23H19F3N4O/c1-15-12-28-20(13-27-15)17-6-8-30-21(14-29-22(30)11-17)18-4-2-3-16(9-18)10-19(31)5-7-23(24,25)26/h2-4,6,8-9,11-14H,5,7,10H2,1H3. The van der Waals surface area contributed by atoms with Crippen LogP contribution in [0.4, 0.5) is 13.2 Å². The number of rotatable bonds is 6. The number of carbonyl (C=O) groups excluding carboxylic acids is 1. The SMILES string of the molecule is Cc1cnc(-c2ccn3c(-c4cccc(CC(=O)CCC(F)(F)F)c4)cnc3c2)cn1. The maximum absolute atomic E-state index is 12.3. The van der Waals surface area contributed by atoms with Crippen LogP contribution < -0.4 is 0 Å². The van der Waals surface area contributed by atoms with Crippen LogP contribution in [0.2, 0.25) is 0 Å². The topological polar surface area (TPSA) is 60.2 Å². The zero-order chi connectivity index (χ0) is 22.0. The predicted molar refractivity (Wildman–Crippen MR) is 110 cm³/mol. The molecule has 31 heavy (non-hydrogen) atoms. The molecule has 1 aromatic carbocycles. The van der Waals surface area contributed by atoms with Crippen molar-refractivity contribution in [3.8, 4) is 22.5 Å². The fourth-order valence-electron chi connectivity index (χ4n) is 3.33. The van der Waals surface area contributed by atoms with Crippen LogP contribution in [-0.4, -0.2) is 31.3 Å². The number of Topliss-reactive ketones (excluding diaryl/α,β-unsaturated/α-hetero) is 1. The van der Waals surface area contributed by atoms with E-state index in [0.29, 0.717) is 5.56 Å². The second kappa shape index (κ2) is 8.29. The van der Waals surface area contributed by atoms with Crippen LogP contribution in [0, 0.1) is 6.92 Å². The number of hydrogen-bond donors (Lipinski definition) is 0. The second-order valence-electron chi connectivity index (χ2n) is 7.36. The quantitative estimate of drug-likeness (QED) is 0.426. The van der Waals surface area contributed by atoms with E-state index in [1.807, 2.05) is 41.8 Å². The summed E-state index contributed by atoms with van der Waals surface area (Å²) < 4.78 is 38.9. The summed E-state index contributed by atoms with van der Waals surface area (Å²) in [6, 6.07) is 11.1. The number of alkyl halides is 3. The Hall–Kier alpha value is -3.55. The molecule has 158 valence electrons. The average Bonchev–Trinajstić information content (AvgIpc) is 3.16. The Labute approximate surface area is 176 Å². The summed E-state index contributed by atoms with van der Waals surface area (Å²) in [7, 11) is 0.